The van der Waals surface area contributed by atoms with E-state index in [0.29, 0.717) is 0 Å². The number of fused-ring (bicyclic) bond motifs is 7. The Morgan fingerprint density at radius 1 is 0.739 bits per heavy atom. The molecule has 1 aromatic heterocycles. The molecule has 0 N–H and O–H groups in total. The van der Waals surface area contributed by atoms with Crippen LogP contribution in [0.15, 0.2) is 66.7 Å². The molecule has 0 unspecified atom stereocenters. The summed E-state index contributed by atoms with van der Waals surface area (Å²) in [6.45, 7) is 0. The second kappa shape index (κ2) is 4.71. The third kappa shape index (κ3) is 1.73. The molecule has 1 nitrogen and oxygen atoms in total. The van der Waals surface area contributed by atoms with Gasteiger partial charge < -0.3 is 4.74 Å². The zero-order valence-corrected chi connectivity index (χ0v) is 13.5. The van der Waals surface area contributed by atoms with Crippen molar-refractivity contribution >= 4 is 53.1 Å². The Hall–Kier alpha value is -2.58. The van der Waals surface area contributed by atoms with Crippen LogP contribution < -0.4 is 4.74 Å². The minimum Gasteiger partial charge on any atom is -0.495 e. The molecule has 0 aliphatic heterocycles. The summed E-state index contributed by atoms with van der Waals surface area (Å²) >= 11 is 1.82. The number of ether oxygens (including phenoxy) is 1. The number of hydrogen-bond donors (Lipinski definition) is 0. The Labute approximate surface area is 137 Å². The van der Waals surface area contributed by atoms with Gasteiger partial charge in [0.15, 0.2) is 0 Å². The Morgan fingerprint density at radius 2 is 1.43 bits per heavy atom. The fourth-order valence-corrected chi connectivity index (χ4v) is 4.74. The van der Waals surface area contributed by atoms with Crippen molar-refractivity contribution in [3.05, 3.63) is 66.7 Å². The Bertz CT molecular complexity index is 1200. The first-order valence-corrected chi connectivity index (χ1v) is 8.48. The largest absolute Gasteiger partial charge is 0.495 e. The van der Waals surface area contributed by atoms with Crippen molar-refractivity contribution in [1.29, 1.82) is 0 Å². The number of hydrogen-bond acceptors (Lipinski definition) is 2. The fraction of sp³-hybridized carbons (Fsp3) is 0.0476. The van der Waals surface area contributed by atoms with Crippen LogP contribution >= 0.6 is 11.3 Å². The van der Waals surface area contributed by atoms with Gasteiger partial charge in [-0.25, -0.2) is 0 Å². The van der Waals surface area contributed by atoms with Crippen LogP contribution in [0.1, 0.15) is 0 Å². The van der Waals surface area contributed by atoms with Gasteiger partial charge in [-0.1, -0.05) is 54.6 Å². The highest BCUT2D eigenvalue weighted by atomic mass is 32.1. The molecule has 0 aliphatic rings. The van der Waals surface area contributed by atoms with Crippen molar-refractivity contribution in [2.45, 2.75) is 0 Å². The molecule has 0 saturated carbocycles. The first kappa shape index (κ1) is 12.9. The first-order valence-electron chi connectivity index (χ1n) is 7.66. The summed E-state index contributed by atoms with van der Waals surface area (Å²) in [5.74, 6) is 0.962. The SMILES string of the molecule is COc1cc2ccccc2c2c1sc1ccc3ccccc3c12. The van der Waals surface area contributed by atoms with E-state index in [1.54, 1.807) is 7.11 Å². The first-order chi connectivity index (χ1) is 11.4. The molecule has 2 heteroatoms. The maximum atomic E-state index is 5.69. The molecule has 0 atom stereocenters. The molecule has 23 heavy (non-hydrogen) atoms. The van der Waals surface area contributed by atoms with Crippen LogP contribution in [-0.4, -0.2) is 7.11 Å². The van der Waals surface area contributed by atoms with E-state index in [1.165, 1.54) is 41.7 Å². The highest BCUT2D eigenvalue weighted by Gasteiger charge is 2.15. The van der Waals surface area contributed by atoms with E-state index in [9.17, 15) is 0 Å². The van der Waals surface area contributed by atoms with Crippen LogP contribution in [0.2, 0.25) is 0 Å². The summed E-state index contributed by atoms with van der Waals surface area (Å²) in [4.78, 5) is 0. The summed E-state index contributed by atoms with van der Waals surface area (Å²) in [6, 6.07) is 23.8. The van der Waals surface area contributed by atoms with Gasteiger partial charge in [0.1, 0.15) is 5.75 Å². The van der Waals surface area contributed by atoms with Gasteiger partial charge in [0.05, 0.1) is 11.8 Å². The third-order valence-electron chi connectivity index (χ3n) is 4.54. The molecule has 5 rings (SSSR count). The predicted molar refractivity (Wildman–Crippen MR) is 101 cm³/mol. The molecule has 0 spiro atoms. The lowest BCUT2D eigenvalue weighted by Crippen LogP contribution is -1.84. The quantitative estimate of drug-likeness (QED) is 0.349. The van der Waals surface area contributed by atoms with Crippen molar-refractivity contribution in [3.63, 3.8) is 0 Å². The number of benzene rings is 4. The van der Waals surface area contributed by atoms with E-state index in [4.69, 9.17) is 4.74 Å². The van der Waals surface area contributed by atoms with E-state index < -0.39 is 0 Å². The molecule has 1 heterocycles. The monoisotopic (exact) mass is 314 g/mol. The number of rotatable bonds is 1. The van der Waals surface area contributed by atoms with Gasteiger partial charge in [-0.3, -0.25) is 0 Å². The number of methoxy groups -OCH3 is 1. The summed E-state index contributed by atoms with van der Waals surface area (Å²) in [5.41, 5.74) is 0. The highest BCUT2D eigenvalue weighted by Crippen LogP contribution is 2.45. The topological polar surface area (TPSA) is 9.23 Å². The molecule has 110 valence electrons. The third-order valence-corrected chi connectivity index (χ3v) is 5.71. The van der Waals surface area contributed by atoms with E-state index in [1.807, 2.05) is 11.3 Å². The second-order valence-electron chi connectivity index (χ2n) is 5.77. The van der Waals surface area contributed by atoms with E-state index in [2.05, 4.69) is 66.7 Å². The molecular formula is C21H14OS. The lowest BCUT2D eigenvalue weighted by atomic mass is 9.99. The second-order valence-corrected chi connectivity index (χ2v) is 6.82. The average molecular weight is 314 g/mol. The normalized spacial score (nSPS) is 11.7. The van der Waals surface area contributed by atoms with Gasteiger partial charge in [0.25, 0.3) is 0 Å². The van der Waals surface area contributed by atoms with Gasteiger partial charge in [-0.05, 0) is 33.7 Å². The van der Waals surface area contributed by atoms with Crippen molar-refractivity contribution < 1.29 is 4.74 Å². The highest BCUT2D eigenvalue weighted by molar-refractivity contribution is 7.26. The molecular weight excluding hydrogens is 300 g/mol. The zero-order valence-electron chi connectivity index (χ0n) is 12.7. The van der Waals surface area contributed by atoms with Gasteiger partial charge in [0.2, 0.25) is 0 Å². The summed E-state index contributed by atoms with van der Waals surface area (Å²) in [5, 5.41) is 7.78. The van der Waals surface area contributed by atoms with E-state index >= 15 is 0 Å². The fourth-order valence-electron chi connectivity index (χ4n) is 3.51. The van der Waals surface area contributed by atoms with Crippen LogP contribution in [0.4, 0.5) is 0 Å². The smallest absolute Gasteiger partial charge is 0.137 e. The molecule has 0 aliphatic carbocycles. The molecule has 4 aromatic carbocycles. The van der Waals surface area contributed by atoms with Crippen LogP contribution in [0.5, 0.6) is 5.75 Å². The maximum Gasteiger partial charge on any atom is 0.137 e. The predicted octanol–water partition coefficient (Wildman–Crippen LogP) is 6.37. The lowest BCUT2D eigenvalue weighted by Gasteiger charge is -2.07. The average Bonchev–Trinajstić information content (AvgIpc) is 3.01. The molecule has 0 radical (unpaired) electrons. The molecule has 0 fully saturated rings. The minimum atomic E-state index is 0.962. The summed E-state index contributed by atoms with van der Waals surface area (Å²) in [7, 11) is 1.76. The zero-order chi connectivity index (χ0) is 15.4. The van der Waals surface area contributed by atoms with Crippen LogP contribution in [0, 0.1) is 0 Å². The molecule has 0 saturated heterocycles. The van der Waals surface area contributed by atoms with Gasteiger partial charge in [0, 0.05) is 15.5 Å². The van der Waals surface area contributed by atoms with Crippen LogP contribution in [0.25, 0.3) is 41.7 Å². The van der Waals surface area contributed by atoms with E-state index in [-0.39, 0.29) is 0 Å². The van der Waals surface area contributed by atoms with Gasteiger partial charge in [-0.2, -0.15) is 0 Å². The van der Waals surface area contributed by atoms with Crippen molar-refractivity contribution in [3.8, 4) is 5.75 Å². The van der Waals surface area contributed by atoms with Crippen LogP contribution in [-0.2, 0) is 0 Å². The molecule has 5 aromatic rings. The standard InChI is InChI=1S/C21H14OS/c1-22-17-12-14-7-3-5-9-16(14)20-19-15-8-4-2-6-13(15)10-11-18(19)23-21(17)20/h2-12H,1H3. The summed E-state index contributed by atoms with van der Waals surface area (Å²) < 4.78 is 8.23. The molecule has 0 bridgehead atoms. The lowest BCUT2D eigenvalue weighted by molar-refractivity contribution is 0.421. The number of thiophene rings is 1. The van der Waals surface area contributed by atoms with Crippen molar-refractivity contribution in [1.82, 2.24) is 0 Å². The van der Waals surface area contributed by atoms with Crippen molar-refractivity contribution in [2.24, 2.45) is 0 Å². The van der Waals surface area contributed by atoms with Gasteiger partial charge in [-0.15, -0.1) is 11.3 Å². The maximum absolute atomic E-state index is 5.69. The van der Waals surface area contributed by atoms with Gasteiger partial charge >= 0.3 is 0 Å². The van der Waals surface area contributed by atoms with E-state index in [0.717, 1.165) is 5.75 Å². The minimum absolute atomic E-state index is 0.962. The molecule has 0 amide bonds. The van der Waals surface area contributed by atoms with Crippen molar-refractivity contribution in [2.75, 3.05) is 7.11 Å². The summed E-state index contributed by atoms with van der Waals surface area (Å²) in [6.07, 6.45) is 0. The Morgan fingerprint density at radius 3 is 2.22 bits per heavy atom. The Kier molecular flexibility index (Phi) is 2.64. The Balaban J connectivity index is 2.16. The van der Waals surface area contributed by atoms with Crippen LogP contribution in [0.3, 0.4) is 0 Å².